The van der Waals surface area contributed by atoms with Crippen LogP contribution in [-0.2, 0) is 72.8 Å². The zero-order valence-electron chi connectivity index (χ0n) is 3.57. The summed E-state index contributed by atoms with van der Waals surface area (Å²) in [4.78, 5) is 8.93. The first-order valence-corrected chi connectivity index (χ1v) is 0.901. The molecule has 0 aromatic carbocycles. The van der Waals surface area contributed by atoms with Crippen LogP contribution in [0.5, 0.6) is 0 Å². The molecule has 8 heavy (non-hydrogen) atoms. The van der Waals surface area contributed by atoms with Crippen molar-refractivity contribution in [3.8, 4) is 0 Å². The largest absolute Gasteiger partial charge is 1.00 e. The molecule has 0 amide bonds. The average molecular weight is 285 g/mol. The van der Waals surface area contributed by atoms with E-state index < -0.39 is 0 Å². The Hall–Kier alpha value is 1.47. The van der Waals surface area contributed by atoms with E-state index in [2.05, 4.69) is 6.58 Å². The van der Waals surface area contributed by atoms with Gasteiger partial charge in [-0.15, -0.1) is 0 Å². The molecule has 0 aromatic rings. The Morgan fingerprint density at radius 1 is 1.50 bits per heavy atom. The summed E-state index contributed by atoms with van der Waals surface area (Å²) < 4.78 is 0. The standard InChI is InChI=1S/C3H3O.Cr.Cu.Fe.Ni/c1-2-3-4;;;;/h2H,1H2;;;;/q-1;;+1;;. The summed E-state index contributed by atoms with van der Waals surface area (Å²) in [6, 6.07) is 0. The molecule has 0 bridgehead atoms. The summed E-state index contributed by atoms with van der Waals surface area (Å²) in [5, 5.41) is 0. The Balaban J connectivity index is -0.00000000750. The van der Waals surface area contributed by atoms with E-state index in [1.807, 2.05) is 0 Å². The molecule has 0 aliphatic rings. The molecule has 0 N–H and O–H groups in total. The van der Waals surface area contributed by atoms with Crippen LogP contribution in [0.4, 0.5) is 0 Å². The van der Waals surface area contributed by atoms with E-state index in [1.165, 1.54) is 6.29 Å². The second-order valence-corrected chi connectivity index (χ2v) is 0.322. The van der Waals surface area contributed by atoms with Crippen molar-refractivity contribution in [1.29, 1.82) is 0 Å². The monoisotopic (exact) mass is 284 g/mol. The van der Waals surface area contributed by atoms with Crippen LogP contribution in [-0.4, -0.2) is 6.29 Å². The Labute approximate surface area is 91.1 Å². The first-order chi connectivity index (χ1) is 1.91. The summed E-state index contributed by atoms with van der Waals surface area (Å²) >= 11 is 0. The Bertz CT molecular complexity index is 40.3. The smallest absolute Gasteiger partial charge is 0.419 e. The first kappa shape index (κ1) is 34.0. The Morgan fingerprint density at radius 2 is 1.62 bits per heavy atom. The van der Waals surface area contributed by atoms with Crippen LogP contribution >= 0.6 is 0 Å². The van der Waals surface area contributed by atoms with E-state index >= 15 is 0 Å². The van der Waals surface area contributed by atoms with Crippen molar-refractivity contribution in [2.45, 2.75) is 0 Å². The molecule has 0 rings (SSSR count). The van der Waals surface area contributed by atoms with Crippen LogP contribution in [0.1, 0.15) is 0 Å². The van der Waals surface area contributed by atoms with Gasteiger partial charge in [0, 0.05) is 50.9 Å². The summed E-state index contributed by atoms with van der Waals surface area (Å²) in [5.74, 6) is 0. The molecule has 0 aromatic heterocycles. The quantitative estimate of drug-likeness (QED) is 0.384. The van der Waals surface area contributed by atoms with Crippen molar-refractivity contribution in [2.24, 2.45) is 0 Å². The molecule has 0 spiro atoms. The van der Waals surface area contributed by atoms with Gasteiger partial charge in [-0.25, -0.2) is 12.7 Å². The maximum absolute atomic E-state index is 8.93. The number of rotatable bonds is 1. The zero-order chi connectivity index (χ0) is 3.41. The molecule has 0 radical (unpaired) electrons. The number of allylic oxidation sites excluding steroid dienone is 1. The summed E-state index contributed by atoms with van der Waals surface area (Å²) in [7, 11) is 0. The molecular formula is C3H3CrCuFeNiO. The molecule has 0 unspecified atom stereocenters. The van der Waals surface area contributed by atoms with Crippen molar-refractivity contribution >= 4 is 6.29 Å². The van der Waals surface area contributed by atoms with Crippen LogP contribution in [0.25, 0.3) is 0 Å². The molecule has 5 heteroatoms. The van der Waals surface area contributed by atoms with Gasteiger partial charge in [0.25, 0.3) is 0 Å². The van der Waals surface area contributed by atoms with Gasteiger partial charge in [-0.1, -0.05) is 0 Å². The van der Waals surface area contributed by atoms with Crippen molar-refractivity contribution in [1.82, 2.24) is 0 Å². The fraction of sp³-hybridized carbons (Fsp3) is 0. The van der Waals surface area contributed by atoms with Gasteiger partial charge < -0.3 is 4.79 Å². The second kappa shape index (κ2) is 39.2. The topological polar surface area (TPSA) is 17.1 Å². The van der Waals surface area contributed by atoms with Crippen LogP contribution in [0.2, 0.25) is 0 Å². The van der Waals surface area contributed by atoms with Gasteiger partial charge in [0.1, 0.15) is 0 Å². The van der Waals surface area contributed by atoms with Crippen LogP contribution < -0.4 is 0 Å². The third-order valence-corrected chi connectivity index (χ3v) is 0.0833. The molecule has 0 aliphatic heterocycles. The molecule has 56 valence electrons. The second-order valence-electron chi connectivity index (χ2n) is 0.322. The van der Waals surface area contributed by atoms with Crippen LogP contribution in [0.3, 0.4) is 0 Å². The van der Waals surface area contributed by atoms with Gasteiger partial charge in [-0.3, -0.25) is 0 Å². The number of carbonyl (C=O) groups excluding carboxylic acids is 1. The van der Waals surface area contributed by atoms with Gasteiger partial charge in [0.2, 0.25) is 0 Å². The van der Waals surface area contributed by atoms with Crippen molar-refractivity contribution in [3.63, 3.8) is 0 Å². The minimum absolute atomic E-state index is 0. The van der Waals surface area contributed by atoms with Crippen molar-refractivity contribution < 1.29 is 72.8 Å². The minimum Gasteiger partial charge on any atom is -0.419 e. The van der Waals surface area contributed by atoms with E-state index in [9.17, 15) is 0 Å². The molecule has 1 nitrogen and oxygen atoms in total. The predicted molar refractivity (Wildman–Crippen MR) is 15.9 cm³/mol. The molecule has 0 fully saturated rings. The van der Waals surface area contributed by atoms with E-state index in [-0.39, 0.29) is 68.0 Å². The van der Waals surface area contributed by atoms with Crippen molar-refractivity contribution in [3.05, 3.63) is 12.7 Å². The molecule has 0 atom stereocenters. The van der Waals surface area contributed by atoms with Crippen LogP contribution in [0.15, 0.2) is 12.7 Å². The van der Waals surface area contributed by atoms with E-state index in [0.29, 0.717) is 0 Å². The van der Waals surface area contributed by atoms with Gasteiger partial charge in [0.15, 0.2) is 0 Å². The average Bonchev–Trinajstić information content (AvgIpc) is 1.37. The molecule has 0 heterocycles. The van der Waals surface area contributed by atoms with E-state index in [1.54, 1.807) is 0 Å². The third kappa shape index (κ3) is 51.2. The Morgan fingerprint density at radius 3 is 1.62 bits per heavy atom. The maximum atomic E-state index is 8.93. The van der Waals surface area contributed by atoms with E-state index in [4.69, 9.17) is 4.79 Å². The van der Waals surface area contributed by atoms with Gasteiger partial charge in [0.05, 0.1) is 0 Å². The van der Waals surface area contributed by atoms with Gasteiger partial charge in [-0.2, -0.15) is 0 Å². The molecule has 0 saturated carbocycles. The SMILES string of the molecule is C=C[C-]=O.[Cr].[Cu+].[Fe].[Ni]. The number of hydrogen-bond acceptors (Lipinski definition) is 1. The zero-order valence-corrected chi connectivity index (χ0v) is 7.88. The van der Waals surface area contributed by atoms with Crippen molar-refractivity contribution in [2.75, 3.05) is 0 Å². The first-order valence-electron chi connectivity index (χ1n) is 0.901. The third-order valence-electron chi connectivity index (χ3n) is 0.0833. The normalized spacial score (nSPS) is 2.50. The summed E-state index contributed by atoms with van der Waals surface area (Å²) in [6.07, 6.45) is 2.51. The summed E-state index contributed by atoms with van der Waals surface area (Å²) in [6.45, 7) is 3.06. The van der Waals surface area contributed by atoms with E-state index in [0.717, 1.165) is 6.08 Å². The van der Waals surface area contributed by atoms with Gasteiger partial charge in [-0.05, 0) is 6.29 Å². The fourth-order valence-corrected chi connectivity index (χ4v) is 0. The van der Waals surface area contributed by atoms with Gasteiger partial charge >= 0.3 is 17.1 Å². The Kier molecular flexibility index (Phi) is 167. The summed E-state index contributed by atoms with van der Waals surface area (Å²) in [5.41, 5.74) is 0. The number of hydrogen-bond donors (Lipinski definition) is 0. The molecule has 0 saturated heterocycles. The van der Waals surface area contributed by atoms with Crippen LogP contribution in [0, 0.1) is 0 Å². The maximum Gasteiger partial charge on any atom is 1.00 e. The fourth-order valence-electron chi connectivity index (χ4n) is 0. The predicted octanol–water partition coefficient (Wildman–Crippen LogP) is 0.272. The molecular weight excluding hydrogens is 282 g/mol. The minimum atomic E-state index is 0. The molecule has 0 aliphatic carbocycles.